The topological polar surface area (TPSA) is 147 Å². The summed E-state index contributed by atoms with van der Waals surface area (Å²) < 4.78 is 31.4. The van der Waals surface area contributed by atoms with Crippen molar-refractivity contribution >= 4 is 40.2 Å². The van der Waals surface area contributed by atoms with E-state index in [1.807, 2.05) is 0 Å². The van der Waals surface area contributed by atoms with E-state index in [1.54, 1.807) is 12.1 Å². The van der Waals surface area contributed by atoms with Gasteiger partial charge in [0.1, 0.15) is 28.3 Å². The average Bonchev–Trinajstić information content (AvgIpc) is 3.19. The van der Waals surface area contributed by atoms with Crippen LogP contribution in [0.2, 0.25) is 0 Å². The number of thiazole rings is 1. The summed E-state index contributed by atoms with van der Waals surface area (Å²) in [5.74, 6) is -4.76. The van der Waals surface area contributed by atoms with E-state index in [-0.39, 0.29) is 33.4 Å². The highest BCUT2D eigenvalue weighted by Gasteiger charge is 2.26. The number of phenols is 1. The first kappa shape index (κ1) is 27.2. The Hall–Kier alpha value is -4.39. The summed E-state index contributed by atoms with van der Waals surface area (Å²) in [5.41, 5.74) is 0.544. The van der Waals surface area contributed by atoms with Crippen molar-refractivity contribution in [1.82, 2.24) is 15.6 Å². The normalized spacial score (nSPS) is 11.4. The van der Waals surface area contributed by atoms with E-state index in [9.17, 15) is 33.1 Å². The number of rotatable bonds is 9. The van der Waals surface area contributed by atoms with Gasteiger partial charge in [0.2, 0.25) is 5.91 Å². The van der Waals surface area contributed by atoms with Gasteiger partial charge < -0.3 is 25.8 Å². The first-order valence-corrected chi connectivity index (χ1v) is 11.6. The molecule has 1 atom stereocenters. The van der Waals surface area contributed by atoms with Gasteiger partial charge in [-0.2, -0.15) is 0 Å². The van der Waals surface area contributed by atoms with Crippen molar-refractivity contribution in [3.05, 3.63) is 75.8 Å². The predicted octanol–water partition coefficient (Wildman–Crippen LogP) is 2.32. The molecule has 0 fully saturated rings. The van der Waals surface area contributed by atoms with E-state index in [1.165, 1.54) is 19.1 Å². The van der Waals surface area contributed by atoms with E-state index in [4.69, 9.17) is 0 Å². The van der Waals surface area contributed by atoms with Crippen molar-refractivity contribution in [3.8, 4) is 5.75 Å². The largest absolute Gasteiger partial charge is 0.508 e. The molecule has 0 aliphatic rings. The van der Waals surface area contributed by atoms with Crippen molar-refractivity contribution < 1.29 is 37.8 Å². The number of nitrogens with one attached hydrogen (secondary N) is 3. The number of anilines is 1. The van der Waals surface area contributed by atoms with Gasteiger partial charge in [0, 0.05) is 18.2 Å². The highest BCUT2D eigenvalue weighted by Crippen LogP contribution is 2.23. The number of carbonyl (C=O) groups is 4. The third-order valence-electron chi connectivity index (χ3n) is 4.91. The minimum Gasteiger partial charge on any atom is -0.508 e. The van der Waals surface area contributed by atoms with Crippen molar-refractivity contribution in [2.24, 2.45) is 0 Å². The second-order valence-corrected chi connectivity index (χ2v) is 8.74. The lowest BCUT2D eigenvalue weighted by atomic mass is 10.1. The van der Waals surface area contributed by atoms with Crippen LogP contribution < -0.4 is 16.0 Å². The lowest BCUT2D eigenvalue weighted by Crippen LogP contribution is -2.49. The van der Waals surface area contributed by atoms with Crippen molar-refractivity contribution in [1.29, 1.82) is 0 Å². The number of aromatic hydroxyl groups is 1. The van der Waals surface area contributed by atoms with Crippen LogP contribution >= 0.6 is 11.3 Å². The highest BCUT2D eigenvalue weighted by atomic mass is 32.1. The lowest BCUT2D eigenvalue weighted by molar-refractivity contribution is -0.142. The summed E-state index contributed by atoms with van der Waals surface area (Å²) in [5, 5.41) is 17.0. The number of ether oxygens (including phenoxy) is 1. The number of methoxy groups -OCH3 is 1. The van der Waals surface area contributed by atoms with E-state index >= 15 is 0 Å². The third-order valence-corrected chi connectivity index (χ3v) is 5.98. The second kappa shape index (κ2) is 12.0. The first-order chi connectivity index (χ1) is 17.5. The van der Waals surface area contributed by atoms with E-state index in [0.717, 1.165) is 30.6 Å². The number of halogens is 2. The minimum atomic E-state index is -1.33. The molecule has 1 heterocycles. The molecule has 1 aromatic heterocycles. The van der Waals surface area contributed by atoms with Gasteiger partial charge in [-0.1, -0.05) is 23.5 Å². The minimum absolute atomic E-state index is 0.0220. The quantitative estimate of drug-likeness (QED) is 0.309. The van der Waals surface area contributed by atoms with Crippen LogP contribution in [0.4, 0.5) is 13.9 Å². The van der Waals surface area contributed by atoms with E-state index < -0.39 is 47.9 Å². The monoisotopic (exact) mass is 532 g/mol. The van der Waals surface area contributed by atoms with Gasteiger partial charge in [-0.15, -0.1) is 0 Å². The maximum atomic E-state index is 13.4. The summed E-state index contributed by atoms with van der Waals surface area (Å²) in [4.78, 5) is 53.8. The van der Waals surface area contributed by atoms with E-state index in [2.05, 4.69) is 25.7 Å². The molecule has 37 heavy (non-hydrogen) atoms. The van der Waals surface area contributed by atoms with Gasteiger partial charge in [-0.3, -0.25) is 14.4 Å². The molecule has 0 saturated heterocycles. The zero-order valence-electron chi connectivity index (χ0n) is 19.6. The van der Waals surface area contributed by atoms with Crippen LogP contribution in [0.5, 0.6) is 5.75 Å². The fourth-order valence-electron chi connectivity index (χ4n) is 3.22. The Kier molecular flexibility index (Phi) is 8.85. The number of aryl methyl sites for hydroxylation is 1. The molecule has 0 unspecified atom stereocenters. The second-order valence-electron chi connectivity index (χ2n) is 7.75. The molecule has 2 aromatic carbocycles. The number of carbonyl (C=O) groups excluding carboxylic acids is 4. The molecule has 0 bridgehead atoms. The average molecular weight is 533 g/mol. The molecule has 0 radical (unpaired) electrons. The Labute approximate surface area is 213 Å². The Morgan fingerprint density at radius 3 is 2.43 bits per heavy atom. The number of hydrogen-bond donors (Lipinski definition) is 4. The Balaban J connectivity index is 1.64. The fourth-order valence-corrected chi connectivity index (χ4v) is 4.10. The number of benzene rings is 2. The maximum absolute atomic E-state index is 13.4. The molecule has 194 valence electrons. The van der Waals surface area contributed by atoms with Crippen LogP contribution in [0.15, 0.2) is 42.5 Å². The molecule has 0 aliphatic heterocycles. The number of amides is 3. The maximum Gasteiger partial charge on any atom is 0.330 e. The molecule has 0 saturated carbocycles. The zero-order chi connectivity index (χ0) is 27.1. The zero-order valence-corrected chi connectivity index (χ0v) is 20.4. The van der Waals surface area contributed by atoms with Crippen LogP contribution in [0.3, 0.4) is 0 Å². The highest BCUT2D eigenvalue weighted by molar-refractivity contribution is 7.17. The number of nitrogens with zero attached hydrogens (tertiary/aromatic N) is 1. The summed E-state index contributed by atoms with van der Waals surface area (Å²) in [6.07, 6.45) is -0.0338. The van der Waals surface area contributed by atoms with E-state index in [0.29, 0.717) is 11.6 Å². The molecule has 10 nitrogen and oxygen atoms in total. The lowest BCUT2D eigenvalue weighted by Gasteiger charge is -2.17. The number of esters is 1. The molecule has 3 rings (SSSR count). The van der Waals surface area contributed by atoms with Crippen molar-refractivity contribution in [3.63, 3.8) is 0 Å². The van der Waals surface area contributed by atoms with Gasteiger partial charge in [-0.05, 0) is 36.8 Å². The van der Waals surface area contributed by atoms with Gasteiger partial charge in [-0.25, -0.2) is 18.6 Å². The molecule has 13 heteroatoms. The van der Waals surface area contributed by atoms with Crippen LogP contribution in [0.25, 0.3) is 0 Å². The summed E-state index contributed by atoms with van der Waals surface area (Å²) in [6, 6.07) is 7.11. The molecule has 3 amide bonds. The Bertz CT molecular complexity index is 1330. The summed E-state index contributed by atoms with van der Waals surface area (Å²) >= 11 is 0.868. The number of aromatic nitrogens is 1. The molecular weight excluding hydrogens is 510 g/mol. The van der Waals surface area contributed by atoms with Crippen molar-refractivity contribution in [2.45, 2.75) is 19.4 Å². The molecule has 0 spiro atoms. The SMILES string of the molecule is COC(=O)[C@H](CNC(=O)c1cc(F)cc(F)c1)NC(=O)c1sc(NC(=O)Cc2cccc(O)c2)nc1C. The first-order valence-electron chi connectivity index (χ1n) is 10.7. The Morgan fingerprint density at radius 2 is 1.78 bits per heavy atom. The number of hydrogen-bond acceptors (Lipinski definition) is 8. The fraction of sp³-hybridized carbons (Fsp3) is 0.208. The van der Waals surface area contributed by atoms with Gasteiger partial charge in [0.25, 0.3) is 11.8 Å². The molecule has 4 N–H and O–H groups in total. The standard InChI is InChI=1S/C24H22F2N4O6S/c1-12-20(37-24(28-12)30-19(32)7-13-4-3-5-17(31)6-13)22(34)29-18(23(35)36-2)11-27-21(33)14-8-15(25)10-16(26)9-14/h3-6,8-10,18,31H,7,11H2,1-2H3,(H,27,33)(H,29,34)(H,28,30,32)/t18-/m0/s1. The van der Waals surface area contributed by atoms with Crippen molar-refractivity contribution in [2.75, 3.05) is 19.0 Å². The number of phenolic OH excluding ortho intramolecular Hbond substituents is 1. The predicted molar refractivity (Wildman–Crippen MR) is 129 cm³/mol. The van der Waals surface area contributed by atoms with Crippen LogP contribution in [-0.2, 0) is 20.7 Å². The Morgan fingerprint density at radius 1 is 1.08 bits per heavy atom. The van der Waals surface area contributed by atoms with Crippen LogP contribution in [0, 0.1) is 18.6 Å². The van der Waals surface area contributed by atoms with Gasteiger partial charge in [0.05, 0.1) is 19.2 Å². The molecule has 3 aromatic rings. The molecule has 0 aliphatic carbocycles. The summed E-state index contributed by atoms with van der Waals surface area (Å²) in [6.45, 7) is 1.10. The molecular formula is C24H22F2N4O6S. The smallest absolute Gasteiger partial charge is 0.330 e. The van der Waals surface area contributed by atoms with Gasteiger partial charge in [0.15, 0.2) is 5.13 Å². The van der Waals surface area contributed by atoms with Crippen LogP contribution in [0.1, 0.15) is 31.3 Å². The third kappa shape index (κ3) is 7.54. The summed E-state index contributed by atoms with van der Waals surface area (Å²) in [7, 11) is 1.09. The van der Waals surface area contributed by atoms with Gasteiger partial charge >= 0.3 is 5.97 Å². The van der Waals surface area contributed by atoms with Crippen LogP contribution in [-0.4, -0.2) is 53.5 Å².